The first-order chi connectivity index (χ1) is 8.66. The molecule has 4 N–H and O–H groups in total. The van der Waals surface area contributed by atoms with Gasteiger partial charge in [0.15, 0.2) is 0 Å². The molecule has 0 saturated carbocycles. The second-order valence-electron chi connectivity index (χ2n) is 3.83. The summed E-state index contributed by atoms with van der Waals surface area (Å²) < 4.78 is 1.93. The molecule has 0 atom stereocenters. The molecule has 0 unspecified atom stereocenters. The van der Waals surface area contributed by atoms with Crippen LogP contribution in [0.1, 0.15) is 10.4 Å². The summed E-state index contributed by atoms with van der Waals surface area (Å²) in [7, 11) is 0. The Kier molecular flexibility index (Phi) is 3.47. The van der Waals surface area contributed by atoms with E-state index in [1.54, 1.807) is 24.7 Å². The van der Waals surface area contributed by atoms with Crippen LogP contribution in [-0.2, 0) is 6.54 Å². The Hall–Kier alpha value is -2.50. The lowest BCUT2D eigenvalue weighted by atomic mass is 10.1. The van der Waals surface area contributed by atoms with E-state index in [-0.39, 0.29) is 11.3 Å². The van der Waals surface area contributed by atoms with Crippen LogP contribution in [0.4, 0.5) is 11.4 Å². The lowest BCUT2D eigenvalue weighted by Crippen LogP contribution is -2.10. The Bertz CT molecular complexity index is 537. The lowest BCUT2D eigenvalue weighted by Gasteiger charge is -2.09. The molecule has 0 amide bonds. The van der Waals surface area contributed by atoms with Crippen LogP contribution in [0, 0.1) is 0 Å². The maximum atomic E-state index is 10.9. The number of carbonyl (C=O) groups is 1. The van der Waals surface area contributed by atoms with E-state index in [0.717, 1.165) is 12.2 Å². The highest BCUT2D eigenvalue weighted by atomic mass is 16.4. The van der Waals surface area contributed by atoms with Crippen LogP contribution in [0.2, 0.25) is 0 Å². The van der Waals surface area contributed by atoms with Crippen LogP contribution >= 0.6 is 0 Å². The third-order valence-electron chi connectivity index (χ3n) is 2.54. The van der Waals surface area contributed by atoms with Gasteiger partial charge in [-0.2, -0.15) is 0 Å². The third-order valence-corrected chi connectivity index (χ3v) is 2.54. The molecular formula is C12H14N4O2. The van der Waals surface area contributed by atoms with E-state index in [9.17, 15) is 4.79 Å². The average Bonchev–Trinajstić information content (AvgIpc) is 2.84. The molecule has 0 saturated heterocycles. The van der Waals surface area contributed by atoms with Gasteiger partial charge in [-0.1, -0.05) is 0 Å². The number of nitrogens with zero attached hydrogens (tertiary/aromatic N) is 2. The van der Waals surface area contributed by atoms with Gasteiger partial charge in [-0.25, -0.2) is 9.78 Å². The van der Waals surface area contributed by atoms with Crippen molar-refractivity contribution in [1.82, 2.24) is 9.55 Å². The second kappa shape index (κ2) is 5.22. The normalized spacial score (nSPS) is 10.2. The molecule has 0 spiro atoms. The Morgan fingerprint density at radius 3 is 3.00 bits per heavy atom. The Morgan fingerprint density at radius 2 is 2.33 bits per heavy atom. The first-order valence-corrected chi connectivity index (χ1v) is 5.49. The summed E-state index contributed by atoms with van der Waals surface area (Å²) in [4.78, 5) is 14.9. The van der Waals surface area contributed by atoms with Crippen molar-refractivity contribution in [3.63, 3.8) is 0 Å². The standard InChI is InChI=1S/C12H14N4O2/c13-11-2-1-9(7-10(11)12(17)18)15-4-6-16-5-3-14-8-16/h1-3,5,7-8,15H,4,6,13H2,(H,17,18). The van der Waals surface area contributed by atoms with Crippen molar-refractivity contribution in [1.29, 1.82) is 0 Å². The molecule has 0 aliphatic heterocycles. The number of imidazole rings is 1. The van der Waals surface area contributed by atoms with Crippen molar-refractivity contribution >= 4 is 17.3 Å². The van der Waals surface area contributed by atoms with Crippen LogP contribution in [0.25, 0.3) is 0 Å². The number of carboxylic acids is 1. The van der Waals surface area contributed by atoms with Crippen LogP contribution in [-0.4, -0.2) is 27.2 Å². The van der Waals surface area contributed by atoms with E-state index < -0.39 is 5.97 Å². The van der Waals surface area contributed by atoms with E-state index in [1.165, 1.54) is 6.07 Å². The van der Waals surface area contributed by atoms with Gasteiger partial charge in [-0.15, -0.1) is 0 Å². The minimum Gasteiger partial charge on any atom is -0.478 e. The molecule has 2 rings (SSSR count). The molecule has 1 aromatic heterocycles. The monoisotopic (exact) mass is 246 g/mol. The fourth-order valence-corrected chi connectivity index (χ4v) is 1.60. The van der Waals surface area contributed by atoms with E-state index in [4.69, 9.17) is 10.8 Å². The number of benzene rings is 1. The zero-order valence-corrected chi connectivity index (χ0v) is 9.71. The number of hydrogen-bond donors (Lipinski definition) is 3. The maximum Gasteiger partial charge on any atom is 0.337 e. The van der Waals surface area contributed by atoms with Crippen LogP contribution < -0.4 is 11.1 Å². The van der Waals surface area contributed by atoms with E-state index in [0.29, 0.717) is 6.54 Å². The van der Waals surface area contributed by atoms with E-state index in [2.05, 4.69) is 10.3 Å². The fraction of sp³-hybridized carbons (Fsp3) is 0.167. The number of nitrogens with one attached hydrogen (secondary N) is 1. The van der Waals surface area contributed by atoms with Crippen molar-refractivity contribution in [2.75, 3.05) is 17.6 Å². The number of aromatic nitrogens is 2. The summed E-state index contributed by atoms with van der Waals surface area (Å²) in [5.41, 5.74) is 6.69. The van der Waals surface area contributed by atoms with Gasteiger partial charge in [0.25, 0.3) is 0 Å². The fourth-order valence-electron chi connectivity index (χ4n) is 1.60. The van der Waals surface area contributed by atoms with Crippen LogP contribution in [0.15, 0.2) is 36.9 Å². The van der Waals surface area contributed by atoms with Crippen molar-refractivity contribution in [3.05, 3.63) is 42.5 Å². The molecule has 1 aromatic carbocycles. The second-order valence-corrected chi connectivity index (χ2v) is 3.83. The Labute approximate surface area is 104 Å². The van der Waals surface area contributed by atoms with Gasteiger partial charge in [0.2, 0.25) is 0 Å². The zero-order valence-electron chi connectivity index (χ0n) is 9.71. The molecule has 1 heterocycles. The number of nitrogen functional groups attached to an aromatic ring is 1. The molecule has 6 nitrogen and oxygen atoms in total. The third kappa shape index (κ3) is 2.79. The smallest absolute Gasteiger partial charge is 0.337 e. The molecule has 0 aliphatic carbocycles. The van der Waals surface area contributed by atoms with E-state index >= 15 is 0 Å². The zero-order chi connectivity index (χ0) is 13.0. The first kappa shape index (κ1) is 12.0. The maximum absolute atomic E-state index is 10.9. The molecule has 0 bridgehead atoms. The summed E-state index contributed by atoms with van der Waals surface area (Å²) in [6.45, 7) is 1.44. The van der Waals surface area contributed by atoms with Crippen molar-refractivity contribution < 1.29 is 9.90 Å². The van der Waals surface area contributed by atoms with Gasteiger partial charge < -0.3 is 20.7 Å². The molecular weight excluding hydrogens is 232 g/mol. The van der Waals surface area contributed by atoms with Crippen molar-refractivity contribution in [2.24, 2.45) is 0 Å². The molecule has 0 radical (unpaired) electrons. The highest BCUT2D eigenvalue weighted by Crippen LogP contribution is 2.17. The lowest BCUT2D eigenvalue weighted by molar-refractivity contribution is 0.0698. The van der Waals surface area contributed by atoms with Gasteiger partial charge in [-0.05, 0) is 18.2 Å². The molecule has 18 heavy (non-hydrogen) atoms. The quantitative estimate of drug-likeness (QED) is 0.691. The summed E-state index contributed by atoms with van der Waals surface area (Å²) in [6.07, 6.45) is 5.31. The number of hydrogen-bond acceptors (Lipinski definition) is 4. The number of aromatic carboxylic acids is 1. The van der Waals surface area contributed by atoms with E-state index in [1.807, 2.05) is 10.8 Å². The van der Waals surface area contributed by atoms with Crippen molar-refractivity contribution in [3.8, 4) is 0 Å². The van der Waals surface area contributed by atoms with Gasteiger partial charge in [0, 0.05) is 36.9 Å². The SMILES string of the molecule is Nc1ccc(NCCn2ccnc2)cc1C(=O)O. The molecule has 0 aliphatic rings. The molecule has 0 fully saturated rings. The van der Waals surface area contributed by atoms with Gasteiger partial charge in [0.05, 0.1) is 11.9 Å². The van der Waals surface area contributed by atoms with Crippen LogP contribution in [0.5, 0.6) is 0 Å². The molecule has 6 heteroatoms. The van der Waals surface area contributed by atoms with Gasteiger partial charge in [-0.3, -0.25) is 0 Å². The molecule has 94 valence electrons. The summed E-state index contributed by atoms with van der Waals surface area (Å²) in [5, 5.41) is 12.1. The topological polar surface area (TPSA) is 93.2 Å². The highest BCUT2D eigenvalue weighted by Gasteiger charge is 2.08. The number of rotatable bonds is 5. The Balaban J connectivity index is 1.97. The van der Waals surface area contributed by atoms with Gasteiger partial charge >= 0.3 is 5.97 Å². The Morgan fingerprint density at radius 1 is 1.50 bits per heavy atom. The number of nitrogens with two attached hydrogens (primary N) is 1. The highest BCUT2D eigenvalue weighted by molar-refractivity contribution is 5.94. The largest absolute Gasteiger partial charge is 0.478 e. The summed E-state index contributed by atoms with van der Waals surface area (Å²) in [5.74, 6) is -1.02. The average molecular weight is 246 g/mol. The van der Waals surface area contributed by atoms with Crippen LogP contribution in [0.3, 0.4) is 0 Å². The minimum atomic E-state index is -1.02. The molecule has 2 aromatic rings. The van der Waals surface area contributed by atoms with Gasteiger partial charge in [0.1, 0.15) is 0 Å². The summed E-state index contributed by atoms with van der Waals surface area (Å²) in [6, 6.07) is 4.88. The predicted molar refractivity (Wildman–Crippen MR) is 68.5 cm³/mol. The first-order valence-electron chi connectivity index (χ1n) is 5.49. The number of carboxylic acid groups (broad SMARTS) is 1. The predicted octanol–water partition coefficient (Wildman–Crippen LogP) is 1.28. The van der Waals surface area contributed by atoms with Crippen molar-refractivity contribution in [2.45, 2.75) is 6.54 Å². The number of anilines is 2. The summed E-state index contributed by atoms with van der Waals surface area (Å²) >= 11 is 0. The minimum absolute atomic E-state index is 0.114.